The van der Waals surface area contributed by atoms with Crippen LogP contribution in [-0.2, 0) is 6.42 Å². The number of aryl methyl sites for hydroxylation is 1. The molecule has 0 spiro atoms. The van der Waals surface area contributed by atoms with Crippen LogP contribution in [0, 0.1) is 18.6 Å². The molecule has 0 bridgehead atoms. The van der Waals surface area contributed by atoms with E-state index in [-0.39, 0.29) is 11.9 Å². The Morgan fingerprint density at radius 2 is 2.05 bits per heavy atom. The summed E-state index contributed by atoms with van der Waals surface area (Å²) in [6, 6.07) is 5.40. The zero-order valence-corrected chi connectivity index (χ0v) is 11.7. The number of nitrogens with one attached hydrogen (secondary N) is 1. The summed E-state index contributed by atoms with van der Waals surface area (Å²) in [4.78, 5) is 4.12. The van der Waals surface area contributed by atoms with E-state index in [0.717, 1.165) is 23.7 Å². The molecule has 0 saturated carbocycles. The molecule has 20 heavy (non-hydrogen) atoms. The fourth-order valence-corrected chi connectivity index (χ4v) is 2.30. The van der Waals surface area contributed by atoms with Gasteiger partial charge in [-0.3, -0.25) is 4.98 Å². The van der Waals surface area contributed by atoms with Crippen LogP contribution in [0.25, 0.3) is 0 Å². The van der Waals surface area contributed by atoms with Crippen LogP contribution >= 0.6 is 0 Å². The largest absolute Gasteiger partial charge is 0.310 e. The van der Waals surface area contributed by atoms with Gasteiger partial charge in [0.05, 0.1) is 0 Å². The first-order valence-electron chi connectivity index (χ1n) is 6.69. The third kappa shape index (κ3) is 3.39. The lowest BCUT2D eigenvalue weighted by Crippen LogP contribution is -2.24. The first-order chi connectivity index (χ1) is 9.61. The van der Waals surface area contributed by atoms with Gasteiger partial charge in [-0.05, 0) is 60.8 Å². The molecular formula is C16H18F2N2. The summed E-state index contributed by atoms with van der Waals surface area (Å²) in [5.41, 5.74) is 2.47. The Morgan fingerprint density at radius 1 is 1.25 bits per heavy atom. The molecule has 0 aliphatic rings. The Kier molecular flexibility index (Phi) is 4.79. The second kappa shape index (κ2) is 6.57. The van der Waals surface area contributed by atoms with Gasteiger partial charge in [-0.1, -0.05) is 6.92 Å². The monoisotopic (exact) mass is 276 g/mol. The summed E-state index contributed by atoms with van der Waals surface area (Å²) < 4.78 is 27.0. The summed E-state index contributed by atoms with van der Waals surface area (Å²) in [6.07, 6.45) is 3.90. The van der Waals surface area contributed by atoms with Crippen molar-refractivity contribution in [3.63, 3.8) is 0 Å². The van der Waals surface area contributed by atoms with Crippen molar-refractivity contribution in [2.24, 2.45) is 0 Å². The van der Waals surface area contributed by atoms with Crippen molar-refractivity contribution in [1.29, 1.82) is 0 Å². The first kappa shape index (κ1) is 14.6. The quantitative estimate of drug-likeness (QED) is 0.903. The van der Waals surface area contributed by atoms with Gasteiger partial charge >= 0.3 is 0 Å². The molecule has 1 N–H and O–H groups in total. The van der Waals surface area contributed by atoms with E-state index in [0.29, 0.717) is 12.0 Å². The molecule has 106 valence electrons. The molecule has 2 rings (SSSR count). The predicted molar refractivity (Wildman–Crippen MR) is 75.5 cm³/mol. The van der Waals surface area contributed by atoms with Gasteiger partial charge in [0.1, 0.15) is 11.6 Å². The number of hydrogen-bond acceptors (Lipinski definition) is 2. The van der Waals surface area contributed by atoms with E-state index in [2.05, 4.69) is 10.3 Å². The van der Waals surface area contributed by atoms with Gasteiger partial charge < -0.3 is 5.32 Å². The van der Waals surface area contributed by atoms with E-state index in [1.807, 2.05) is 19.9 Å². The Bertz CT molecular complexity index is 584. The lowest BCUT2D eigenvalue weighted by atomic mass is 9.96. The lowest BCUT2D eigenvalue weighted by Gasteiger charge is -2.20. The molecule has 0 aliphatic carbocycles. The maximum atomic E-state index is 13.8. The van der Waals surface area contributed by atoms with E-state index in [9.17, 15) is 8.78 Å². The second-order valence-corrected chi connectivity index (χ2v) is 4.78. The van der Waals surface area contributed by atoms with Crippen LogP contribution in [0.15, 0.2) is 36.7 Å². The molecule has 0 saturated heterocycles. The molecular weight excluding hydrogens is 258 g/mol. The summed E-state index contributed by atoms with van der Waals surface area (Å²) in [7, 11) is 0. The van der Waals surface area contributed by atoms with Crippen LogP contribution in [0.5, 0.6) is 0 Å². The molecule has 0 amide bonds. The Morgan fingerprint density at radius 3 is 2.75 bits per heavy atom. The van der Waals surface area contributed by atoms with Crippen LogP contribution in [0.1, 0.15) is 29.7 Å². The molecule has 0 fully saturated rings. The highest BCUT2D eigenvalue weighted by molar-refractivity contribution is 5.28. The molecule has 1 heterocycles. The van der Waals surface area contributed by atoms with Crippen LogP contribution < -0.4 is 5.32 Å². The molecule has 1 atom stereocenters. The minimum absolute atomic E-state index is 0.0787. The molecule has 1 aromatic carbocycles. The lowest BCUT2D eigenvalue weighted by molar-refractivity contribution is 0.519. The molecule has 0 radical (unpaired) electrons. The van der Waals surface area contributed by atoms with E-state index in [4.69, 9.17) is 0 Å². The minimum atomic E-state index is -0.417. The van der Waals surface area contributed by atoms with Gasteiger partial charge in [0.2, 0.25) is 0 Å². The van der Waals surface area contributed by atoms with Gasteiger partial charge in [0, 0.05) is 18.4 Å². The van der Waals surface area contributed by atoms with Crippen LogP contribution in [-0.4, -0.2) is 11.5 Å². The predicted octanol–water partition coefficient (Wildman–Crippen LogP) is 3.56. The number of likely N-dealkylation sites (N-methyl/N-ethyl adjacent to an activating group) is 1. The topological polar surface area (TPSA) is 24.9 Å². The van der Waals surface area contributed by atoms with Crippen LogP contribution in [0.4, 0.5) is 8.78 Å². The van der Waals surface area contributed by atoms with E-state index >= 15 is 0 Å². The standard InChI is InChI=1S/C16H18F2N2/c1-3-20-16(14-10-19-7-6-11(14)2)9-12-8-13(17)4-5-15(12)18/h4-8,10,16,20H,3,9H2,1-2H3. The van der Waals surface area contributed by atoms with Gasteiger partial charge in [0.15, 0.2) is 0 Å². The van der Waals surface area contributed by atoms with Crippen LogP contribution in [0.2, 0.25) is 0 Å². The Hall–Kier alpha value is -1.81. The highest BCUT2D eigenvalue weighted by atomic mass is 19.1. The van der Waals surface area contributed by atoms with Crippen molar-refractivity contribution in [3.05, 3.63) is 65.0 Å². The van der Waals surface area contributed by atoms with E-state index < -0.39 is 5.82 Å². The molecule has 2 aromatic rings. The highest BCUT2D eigenvalue weighted by Gasteiger charge is 2.16. The fraction of sp³-hybridized carbons (Fsp3) is 0.312. The number of halogens is 2. The molecule has 0 aliphatic heterocycles. The SMILES string of the molecule is CCNC(Cc1cc(F)ccc1F)c1cnccc1C. The fourth-order valence-electron chi connectivity index (χ4n) is 2.30. The molecule has 4 heteroatoms. The number of benzene rings is 1. The highest BCUT2D eigenvalue weighted by Crippen LogP contribution is 2.22. The van der Waals surface area contributed by atoms with Crippen molar-refractivity contribution >= 4 is 0 Å². The summed E-state index contributed by atoms with van der Waals surface area (Å²) >= 11 is 0. The number of nitrogens with zero attached hydrogens (tertiary/aromatic N) is 1. The first-order valence-corrected chi connectivity index (χ1v) is 6.69. The van der Waals surface area contributed by atoms with Crippen molar-refractivity contribution < 1.29 is 8.78 Å². The van der Waals surface area contributed by atoms with Gasteiger partial charge in [-0.2, -0.15) is 0 Å². The zero-order valence-electron chi connectivity index (χ0n) is 11.7. The van der Waals surface area contributed by atoms with Crippen molar-refractivity contribution in [2.45, 2.75) is 26.3 Å². The van der Waals surface area contributed by atoms with E-state index in [1.165, 1.54) is 12.1 Å². The number of aromatic nitrogens is 1. The van der Waals surface area contributed by atoms with Crippen molar-refractivity contribution in [1.82, 2.24) is 10.3 Å². The van der Waals surface area contributed by atoms with Gasteiger partial charge in [-0.25, -0.2) is 8.78 Å². The number of hydrogen-bond donors (Lipinski definition) is 1. The summed E-state index contributed by atoms with van der Waals surface area (Å²) in [5, 5.41) is 3.31. The average Bonchev–Trinajstić information content (AvgIpc) is 2.43. The number of pyridine rings is 1. The van der Waals surface area contributed by atoms with Gasteiger partial charge in [-0.15, -0.1) is 0 Å². The molecule has 2 nitrogen and oxygen atoms in total. The molecule has 1 aromatic heterocycles. The summed E-state index contributed by atoms with van der Waals surface area (Å²) in [5.74, 6) is -0.796. The third-order valence-electron chi connectivity index (χ3n) is 3.34. The Balaban J connectivity index is 2.30. The average molecular weight is 276 g/mol. The smallest absolute Gasteiger partial charge is 0.126 e. The minimum Gasteiger partial charge on any atom is -0.310 e. The second-order valence-electron chi connectivity index (χ2n) is 4.78. The van der Waals surface area contributed by atoms with Crippen molar-refractivity contribution in [3.8, 4) is 0 Å². The number of rotatable bonds is 5. The third-order valence-corrected chi connectivity index (χ3v) is 3.34. The Labute approximate surface area is 117 Å². The van der Waals surface area contributed by atoms with Crippen LogP contribution in [0.3, 0.4) is 0 Å². The molecule has 1 unspecified atom stereocenters. The maximum absolute atomic E-state index is 13.8. The van der Waals surface area contributed by atoms with Crippen molar-refractivity contribution in [2.75, 3.05) is 6.54 Å². The normalized spacial score (nSPS) is 12.4. The zero-order chi connectivity index (χ0) is 14.5. The maximum Gasteiger partial charge on any atom is 0.126 e. The van der Waals surface area contributed by atoms with Gasteiger partial charge in [0.25, 0.3) is 0 Å². The van der Waals surface area contributed by atoms with E-state index in [1.54, 1.807) is 12.4 Å². The summed E-state index contributed by atoms with van der Waals surface area (Å²) in [6.45, 7) is 4.72.